The van der Waals surface area contributed by atoms with Gasteiger partial charge in [-0.25, -0.2) is 0 Å². The number of aliphatic hydroxyl groups is 14. The van der Waals surface area contributed by atoms with Crippen LogP contribution in [0.1, 0.15) is 6.92 Å². The quantitative estimate of drug-likeness (QED) is 0.0878. The van der Waals surface area contributed by atoms with Crippen LogP contribution in [0.15, 0.2) is 0 Å². The Morgan fingerprint density at radius 3 is 1.45 bits per heavy atom. The summed E-state index contributed by atoms with van der Waals surface area (Å²) in [4.78, 5) is 0. The summed E-state index contributed by atoms with van der Waals surface area (Å²) in [6.45, 7) is -2.55. The minimum Gasteiger partial charge on any atom is -0.394 e. The summed E-state index contributed by atoms with van der Waals surface area (Å²) >= 11 is 0. The molecule has 0 saturated carbocycles. The van der Waals surface area contributed by atoms with E-state index in [9.17, 15) is 71.5 Å². The Kier molecular flexibility index (Phi) is 14.0. The molecule has 19 atom stereocenters. The molecule has 0 amide bonds. The second-order valence-electron chi connectivity index (χ2n) is 10.9. The molecule has 3 fully saturated rings. The molecule has 0 aromatic rings. The summed E-state index contributed by atoms with van der Waals surface area (Å²) in [6.07, 6.45) is -34.2. The van der Waals surface area contributed by atoms with Gasteiger partial charge < -0.3 is 99.9 Å². The Hall–Kier alpha value is -0.800. The van der Waals surface area contributed by atoms with Crippen LogP contribution in [0.3, 0.4) is 0 Å². The fourth-order valence-corrected chi connectivity index (χ4v) is 5.08. The predicted octanol–water partition coefficient (Wildman–Crippen LogP) is -9.09. The molecule has 14 N–H and O–H groups in total. The summed E-state index contributed by atoms with van der Waals surface area (Å²) in [5.41, 5.74) is 0. The average Bonchev–Trinajstić information content (AvgIpc) is 3.02. The van der Waals surface area contributed by atoms with Crippen LogP contribution in [-0.4, -0.2) is 214 Å². The van der Waals surface area contributed by atoms with Gasteiger partial charge in [-0.2, -0.15) is 0 Å². The standard InChI is InChI=1S/C24H44O20/c1-6-11(31)14(34)16(36)22(39-6)42-19(7(29)2-25)20(8(30)3-26)43-24-18(38)21(13(33)10(5-28)41-24)44-23-17(37)15(35)12(32)9(4-27)40-23/h6-38H,2-5H2,1H3/t6-,7-,8+,9+,10+,11+,12-,13-,14+,15-,16-,17+,18+,19+,20+,21-,22-,23+,24-/m0/s1. The minimum atomic E-state index is -2.09. The maximum atomic E-state index is 11.1. The fourth-order valence-electron chi connectivity index (χ4n) is 5.08. The molecule has 0 aromatic heterocycles. The van der Waals surface area contributed by atoms with Gasteiger partial charge in [0.05, 0.1) is 32.5 Å². The van der Waals surface area contributed by atoms with Crippen LogP contribution in [0.2, 0.25) is 0 Å². The lowest BCUT2D eigenvalue weighted by molar-refractivity contribution is -0.375. The lowest BCUT2D eigenvalue weighted by Gasteiger charge is -2.47. The van der Waals surface area contributed by atoms with Crippen molar-refractivity contribution in [2.75, 3.05) is 26.4 Å². The van der Waals surface area contributed by atoms with E-state index < -0.39 is 143 Å². The summed E-state index contributed by atoms with van der Waals surface area (Å²) < 4.78 is 32.7. The topological polar surface area (TPSA) is 339 Å². The number of aliphatic hydroxyl groups excluding tert-OH is 14. The van der Waals surface area contributed by atoms with Crippen LogP contribution in [0.4, 0.5) is 0 Å². The second-order valence-corrected chi connectivity index (χ2v) is 10.9. The van der Waals surface area contributed by atoms with Crippen LogP contribution >= 0.6 is 0 Å². The zero-order valence-electron chi connectivity index (χ0n) is 23.5. The van der Waals surface area contributed by atoms with Crippen molar-refractivity contribution in [1.29, 1.82) is 0 Å². The first kappa shape index (κ1) is 37.7. The number of hydrogen-bond donors (Lipinski definition) is 14. The first-order valence-electron chi connectivity index (χ1n) is 13.9. The van der Waals surface area contributed by atoms with E-state index >= 15 is 0 Å². The largest absolute Gasteiger partial charge is 0.394 e. The molecule has 0 radical (unpaired) electrons. The zero-order chi connectivity index (χ0) is 33.0. The van der Waals surface area contributed by atoms with Crippen molar-refractivity contribution in [3.8, 4) is 0 Å². The summed E-state index contributed by atoms with van der Waals surface area (Å²) in [5, 5.41) is 142. The fraction of sp³-hybridized carbons (Fsp3) is 1.00. The molecule has 3 rings (SSSR count). The van der Waals surface area contributed by atoms with Crippen molar-refractivity contribution in [3.63, 3.8) is 0 Å². The van der Waals surface area contributed by atoms with Crippen LogP contribution in [0, 0.1) is 0 Å². The lowest BCUT2D eigenvalue weighted by Crippen LogP contribution is -2.66. The van der Waals surface area contributed by atoms with Gasteiger partial charge in [-0.3, -0.25) is 0 Å². The lowest BCUT2D eigenvalue weighted by atomic mass is 9.96. The maximum absolute atomic E-state index is 11.1. The van der Waals surface area contributed by atoms with E-state index in [2.05, 4.69) is 0 Å². The highest BCUT2D eigenvalue weighted by Gasteiger charge is 2.53. The molecule has 0 aliphatic carbocycles. The van der Waals surface area contributed by atoms with Crippen molar-refractivity contribution in [2.24, 2.45) is 0 Å². The molecule has 0 spiro atoms. The van der Waals surface area contributed by atoms with Gasteiger partial charge >= 0.3 is 0 Å². The molecular weight excluding hydrogens is 608 g/mol. The molecule has 3 aliphatic heterocycles. The molecule has 260 valence electrons. The SMILES string of the molecule is C[C@@H]1O[C@@H](O[C@@H]([C@H](O[C@@H]2O[C@H](CO)[C@H](O)[C@H](O[C@H]3O[C@H](CO)[C@H](O)[C@H](O)[C@H]3O)[C@H]2O)[C@H](O)CO)[C@@H](O)CO)[C@@H](O)[C@H](O)[C@@H]1O. The van der Waals surface area contributed by atoms with Crippen LogP contribution in [0.5, 0.6) is 0 Å². The first-order valence-corrected chi connectivity index (χ1v) is 13.9. The van der Waals surface area contributed by atoms with Gasteiger partial charge in [0.25, 0.3) is 0 Å². The van der Waals surface area contributed by atoms with Crippen molar-refractivity contribution < 1.29 is 99.9 Å². The van der Waals surface area contributed by atoms with Gasteiger partial charge in [0.15, 0.2) is 18.9 Å². The van der Waals surface area contributed by atoms with E-state index in [4.69, 9.17) is 28.4 Å². The molecule has 3 heterocycles. The first-order chi connectivity index (χ1) is 20.7. The van der Waals surface area contributed by atoms with Crippen LogP contribution in [0.25, 0.3) is 0 Å². The molecule has 44 heavy (non-hydrogen) atoms. The summed E-state index contributed by atoms with van der Waals surface area (Å²) in [7, 11) is 0. The smallest absolute Gasteiger partial charge is 0.187 e. The number of rotatable bonds is 13. The van der Waals surface area contributed by atoms with Gasteiger partial charge in [-0.15, -0.1) is 0 Å². The van der Waals surface area contributed by atoms with Gasteiger partial charge in [-0.1, -0.05) is 0 Å². The predicted molar refractivity (Wildman–Crippen MR) is 135 cm³/mol. The molecule has 0 bridgehead atoms. The number of ether oxygens (including phenoxy) is 6. The highest BCUT2D eigenvalue weighted by molar-refractivity contribution is 4.96. The summed E-state index contributed by atoms with van der Waals surface area (Å²) in [6, 6.07) is 0. The normalized spacial score (nSPS) is 46.3. The Balaban J connectivity index is 1.87. The Bertz CT molecular complexity index is 855. The van der Waals surface area contributed by atoms with Crippen molar-refractivity contribution in [2.45, 2.75) is 123 Å². The Labute approximate surface area is 250 Å². The van der Waals surface area contributed by atoms with E-state index in [0.29, 0.717) is 0 Å². The summed E-state index contributed by atoms with van der Waals surface area (Å²) in [5.74, 6) is 0. The molecule has 0 aromatic carbocycles. The van der Waals surface area contributed by atoms with E-state index in [1.54, 1.807) is 0 Å². The Morgan fingerprint density at radius 2 is 0.955 bits per heavy atom. The second kappa shape index (κ2) is 16.3. The van der Waals surface area contributed by atoms with Crippen LogP contribution < -0.4 is 0 Å². The molecule has 20 nitrogen and oxygen atoms in total. The highest BCUT2D eigenvalue weighted by Crippen LogP contribution is 2.32. The third kappa shape index (κ3) is 8.00. The van der Waals surface area contributed by atoms with E-state index in [1.165, 1.54) is 6.92 Å². The van der Waals surface area contributed by atoms with E-state index in [1.807, 2.05) is 0 Å². The number of hydrogen-bond acceptors (Lipinski definition) is 20. The van der Waals surface area contributed by atoms with Gasteiger partial charge in [0.1, 0.15) is 91.6 Å². The van der Waals surface area contributed by atoms with E-state index in [0.717, 1.165) is 0 Å². The van der Waals surface area contributed by atoms with Crippen LogP contribution in [-0.2, 0) is 28.4 Å². The van der Waals surface area contributed by atoms with Crippen molar-refractivity contribution in [1.82, 2.24) is 0 Å². The maximum Gasteiger partial charge on any atom is 0.187 e. The van der Waals surface area contributed by atoms with E-state index in [-0.39, 0.29) is 0 Å². The van der Waals surface area contributed by atoms with Gasteiger partial charge in [0, 0.05) is 0 Å². The molecular formula is C24H44O20. The third-order valence-corrected chi connectivity index (χ3v) is 7.81. The zero-order valence-corrected chi connectivity index (χ0v) is 23.5. The van der Waals surface area contributed by atoms with Gasteiger partial charge in [0.2, 0.25) is 0 Å². The molecule has 3 aliphatic rings. The minimum absolute atomic E-state index is 0.821. The van der Waals surface area contributed by atoms with Crippen molar-refractivity contribution >= 4 is 0 Å². The monoisotopic (exact) mass is 652 g/mol. The average molecular weight is 653 g/mol. The van der Waals surface area contributed by atoms with Crippen molar-refractivity contribution in [3.05, 3.63) is 0 Å². The Morgan fingerprint density at radius 1 is 0.523 bits per heavy atom. The molecule has 20 heteroatoms. The molecule has 0 unspecified atom stereocenters. The van der Waals surface area contributed by atoms with Gasteiger partial charge in [-0.05, 0) is 6.92 Å². The molecule has 3 saturated heterocycles. The third-order valence-electron chi connectivity index (χ3n) is 7.81. The highest BCUT2D eigenvalue weighted by atomic mass is 16.8.